The monoisotopic (exact) mass is 486 g/mol. The fourth-order valence-corrected chi connectivity index (χ4v) is 5.86. The minimum atomic E-state index is 0.934. The molecule has 3 nitrogen and oxygen atoms in total. The number of fused-ring (bicyclic) bond motifs is 9. The van der Waals surface area contributed by atoms with Crippen LogP contribution in [0.5, 0.6) is 0 Å². The SMILES string of the molecule is Cc1cccc2c1oc1c(-c3cccc(-c4ccc5c(c4)c4ccccc4c4nccnc54)c3)cccc12. The summed E-state index contributed by atoms with van der Waals surface area (Å²) in [6.07, 6.45) is 3.54. The Morgan fingerprint density at radius 1 is 0.474 bits per heavy atom. The van der Waals surface area contributed by atoms with Gasteiger partial charge >= 0.3 is 0 Å². The molecule has 0 saturated carbocycles. The molecular weight excluding hydrogens is 464 g/mol. The van der Waals surface area contributed by atoms with Crippen LogP contribution in [0, 0.1) is 6.92 Å². The molecule has 0 bridgehead atoms. The van der Waals surface area contributed by atoms with E-state index in [9.17, 15) is 0 Å². The summed E-state index contributed by atoms with van der Waals surface area (Å²) in [6.45, 7) is 2.10. The van der Waals surface area contributed by atoms with E-state index in [1.54, 1.807) is 12.4 Å². The molecule has 0 spiro atoms. The fraction of sp³-hybridized carbons (Fsp3) is 0.0286. The third-order valence-corrected chi connectivity index (χ3v) is 7.67. The Balaban J connectivity index is 1.34. The molecule has 8 rings (SSSR count). The molecule has 2 heterocycles. The van der Waals surface area contributed by atoms with Crippen molar-refractivity contribution in [3.05, 3.63) is 121 Å². The number of furan rings is 1. The first-order valence-electron chi connectivity index (χ1n) is 12.8. The number of nitrogens with zero attached hydrogens (tertiary/aromatic N) is 2. The summed E-state index contributed by atoms with van der Waals surface area (Å²) in [5.74, 6) is 0. The van der Waals surface area contributed by atoms with Crippen LogP contribution in [0.3, 0.4) is 0 Å². The van der Waals surface area contributed by atoms with Gasteiger partial charge in [-0.1, -0.05) is 91.0 Å². The predicted molar refractivity (Wildman–Crippen MR) is 157 cm³/mol. The van der Waals surface area contributed by atoms with E-state index < -0.39 is 0 Å². The summed E-state index contributed by atoms with van der Waals surface area (Å²) < 4.78 is 6.45. The van der Waals surface area contributed by atoms with Gasteiger partial charge in [0.25, 0.3) is 0 Å². The second kappa shape index (κ2) is 7.99. The van der Waals surface area contributed by atoms with Crippen molar-refractivity contribution in [2.45, 2.75) is 6.92 Å². The van der Waals surface area contributed by atoms with Gasteiger partial charge in [0.05, 0.1) is 11.0 Å². The average Bonchev–Trinajstić information content (AvgIpc) is 3.37. The minimum absolute atomic E-state index is 0.934. The van der Waals surface area contributed by atoms with Crippen LogP contribution in [0.2, 0.25) is 0 Å². The molecule has 2 aromatic heterocycles. The standard InChI is InChI=1S/C35H22N2O/c1-21-7-4-13-29-30-14-6-12-25(35(30)38-34(21)29)24-9-5-8-22(19-24)23-15-16-28-31(20-23)26-10-2-3-11-27(26)32-33(28)37-18-17-36-32/h2-20H,1H3. The molecule has 0 aliphatic heterocycles. The van der Waals surface area contributed by atoms with E-state index in [1.807, 2.05) is 0 Å². The molecule has 0 fully saturated rings. The number of aryl methyl sites for hydroxylation is 1. The Morgan fingerprint density at radius 2 is 1.11 bits per heavy atom. The third kappa shape index (κ3) is 3.02. The molecule has 0 amide bonds. The van der Waals surface area contributed by atoms with Crippen molar-refractivity contribution in [1.82, 2.24) is 9.97 Å². The summed E-state index contributed by atoms with van der Waals surface area (Å²) in [4.78, 5) is 9.36. The molecule has 0 aliphatic carbocycles. The largest absolute Gasteiger partial charge is 0.455 e. The smallest absolute Gasteiger partial charge is 0.143 e. The van der Waals surface area contributed by atoms with E-state index in [0.29, 0.717) is 0 Å². The zero-order valence-electron chi connectivity index (χ0n) is 20.8. The Bertz CT molecular complexity index is 2170. The molecule has 0 saturated heterocycles. The second-order valence-corrected chi connectivity index (χ2v) is 9.88. The van der Waals surface area contributed by atoms with Gasteiger partial charge in [0.2, 0.25) is 0 Å². The Morgan fingerprint density at radius 3 is 1.95 bits per heavy atom. The zero-order valence-corrected chi connectivity index (χ0v) is 20.8. The zero-order chi connectivity index (χ0) is 25.2. The molecule has 0 radical (unpaired) electrons. The third-order valence-electron chi connectivity index (χ3n) is 7.67. The van der Waals surface area contributed by atoms with Gasteiger partial charge in [-0.3, -0.25) is 9.97 Å². The first-order chi connectivity index (χ1) is 18.8. The number of hydrogen-bond donors (Lipinski definition) is 0. The molecule has 0 N–H and O–H groups in total. The molecule has 178 valence electrons. The van der Waals surface area contributed by atoms with Crippen molar-refractivity contribution in [1.29, 1.82) is 0 Å². The van der Waals surface area contributed by atoms with E-state index >= 15 is 0 Å². The predicted octanol–water partition coefficient (Wildman–Crippen LogP) is 9.48. The number of para-hydroxylation sites is 2. The van der Waals surface area contributed by atoms with Gasteiger partial charge in [-0.2, -0.15) is 0 Å². The summed E-state index contributed by atoms with van der Waals surface area (Å²) in [6, 6.07) is 36.6. The van der Waals surface area contributed by atoms with Crippen molar-refractivity contribution < 1.29 is 4.42 Å². The lowest BCUT2D eigenvalue weighted by atomic mass is 9.94. The summed E-state index contributed by atoms with van der Waals surface area (Å²) in [5.41, 5.74) is 9.50. The molecule has 38 heavy (non-hydrogen) atoms. The minimum Gasteiger partial charge on any atom is -0.455 e. The summed E-state index contributed by atoms with van der Waals surface area (Å²) in [7, 11) is 0. The number of hydrogen-bond acceptors (Lipinski definition) is 3. The highest BCUT2D eigenvalue weighted by Crippen LogP contribution is 2.39. The molecular formula is C35H22N2O. The molecule has 6 aromatic carbocycles. The van der Waals surface area contributed by atoms with Gasteiger partial charge < -0.3 is 4.42 Å². The van der Waals surface area contributed by atoms with Crippen LogP contribution in [0.4, 0.5) is 0 Å². The normalized spacial score (nSPS) is 11.8. The van der Waals surface area contributed by atoms with Crippen LogP contribution in [-0.4, -0.2) is 9.97 Å². The fourth-order valence-electron chi connectivity index (χ4n) is 5.86. The van der Waals surface area contributed by atoms with Gasteiger partial charge in [0, 0.05) is 39.5 Å². The van der Waals surface area contributed by atoms with Gasteiger partial charge in [0.1, 0.15) is 11.2 Å². The van der Waals surface area contributed by atoms with Crippen LogP contribution in [0.15, 0.2) is 120 Å². The van der Waals surface area contributed by atoms with E-state index in [1.165, 1.54) is 16.3 Å². The lowest BCUT2D eigenvalue weighted by Crippen LogP contribution is -1.89. The van der Waals surface area contributed by atoms with E-state index in [0.717, 1.165) is 66.0 Å². The van der Waals surface area contributed by atoms with Gasteiger partial charge in [-0.05, 0) is 52.1 Å². The molecule has 0 aliphatic rings. The molecule has 3 heteroatoms. The van der Waals surface area contributed by atoms with Crippen molar-refractivity contribution >= 4 is 54.5 Å². The van der Waals surface area contributed by atoms with E-state index in [4.69, 9.17) is 9.40 Å². The van der Waals surface area contributed by atoms with E-state index in [-0.39, 0.29) is 0 Å². The molecule has 8 aromatic rings. The molecule has 0 unspecified atom stereocenters. The maximum absolute atomic E-state index is 6.45. The van der Waals surface area contributed by atoms with Crippen molar-refractivity contribution in [2.75, 3.05) is 0 Å². The Kier molecular flexibility index (Phi) is 4.44. The quantitative estimate of drug-likeness (QED) is 0.228. The maximum Gasteiger partial charge on any atom is 0.143 e. The van der Waals surface area contributed by atoms with Crippen LogP contribution in [-0.2, 0) is 0 Å². The maximum atomic E-state index is 6.45. The van der Waals surface area contributed by atoms with Gasteiger partial charge in [0.15, 0.2) is 0 Å². The lowest BCUT2D eigenvalue weighted by Gasteiger charge is -2.11. The topological polar surface area (TPSA) is 38.9 Å². The van der Waals surface area contributed by atoms with E-state index in [2.05, 4.69) is 115 Å². The van der Waals surface area contributed by atoms with Gasteiger partial charge in [-0.15, -0.1) is 0 Å². The van der Waals surface area contributed by atoms with Crippen LogP contribution in [0.1, 0.15) is 5.56 Å². The number of aromatic nitrogens is 2. The highest BCUT2D eigenvalue weighted by Gasteiger charge is 2.15. The van der Waals surface area contributed by atoms with Crippen LogP contribution < -0.4 is 0 Å². The number of benzene rings is 6. The summed E-state index contributed by atoms with van der Waals surface area (Å²) in [5, 5.41) is 6.93. The first-order valence-corrected chi connectivity index (χ1v) is 12.8. The lowest BCUT2D eigenvalue weighted by molar-refractivity contribution is 0.667. The first kappa shape index (κ1) is 21.1. The van der Waals surface area contributed by atoms with Crippen LogP contribution in [0.25, 0.3) is 76.8 Å². The van der Waals surface area contributed by atoms with Crippen molar-refractivity contribution in [2.24, 2.45) is 0 Å². The van der Waals surface area contributed by atoms with Gasteiger partial charge in [-0.25, -0.2) is 0 Å². The second-order valence-electron chi connectivity index (χ2n) is 9.88. The summed E-state index contributed by atoms with van der Waals surface area (Å²) >= 11 is 0. The Labute approximate surface area is 219 Å². The van der Waals surface area contributed by atoms with Crippen molar-refractivity contribution in [3.63, 3.8) is 0 Å². The average molecular weight is 487 g/mol. The number of rotatable bonds is 2. The van der Waals surface area contributed by atoms with Crippen LogP contribution >= 0.6 is 0 Å². The molecule has 0 atom stereocenters. The Hall–Kier alpha value is -5.02. The highest BCUT2D eigenvalue weighted by molar-refractivity contribution is 6.23. The highest BCUT2D eigenvalue weighted by atomic mass is 16.3. The van der Waals surface area contributed by atoms with Crippen molar-refractivity contribution in [3.8, 4) is 22.3 Å².